The first kappa shape index (κ1) is 14.2. The van der Waals surface area contributed by atoms with Gasteiger partial charge in [-0.2, -0.15) is 0 Å². The number of halogens is 2. The Kier molecular flexibility index (Phi) is 10.6. The first-order chi connectivity index (χ1) is 6.20. The van der Waals surface area contributed by atoms with Gasteiger partial charge in [-0.1, -0.05) is 6.42 Å². The minimum atomic E-state index is -1.48. The van der Waals surface area contributed by atoms with Gasteiger partial charge in [-0.25, -0.2) is 0 Å². The molecule has 5 heteroatoms. The average Bonchev–Trinajstić information content (AvgIpc) is 1.98. The topological polar surface area (TPSA) is 24.1 Å². The number of nitrogens with one attached hydrogen (secondary N) is 2. The number of hydrogen-bond acceptors (Lipinski definition) is 2. The Bertz CT molecular complexity index is 110. The molecule has 0 aliphatic heterocycles. The van der Waals surface area contributed by atoms with E-state index in [1.807, 2.05) is 14.1 Å². The molecule has 1 aliphatic rings. The van der Waals surface area contributed by atoms with E-state index in [2.05, 4.69) is 10.6 Å². The van der Waals surface area contributed by atoms with Crippen LogP contribution in [0.2, 0.25) is 0 Å². The summed E-state index contributed by atoms with van der Waals surface area (Å²) in [5, 5.41) is 6.04. The van der Waals surface area contributed by atoms with E-state index in [9.17, 15) is 0 Å². The Labute approximate surface area is 95.2 Å². The average molecular weight is 409 g/mol. The predicted molar refractivity (Wildman–Crippen MR) is 56.9 cm³/mol. The Morgan fingerprint density at radius 3 is 1.92 bits per heavy atom. The van der Waals surface area contributed by atoms with Crippen molar-refractivity contribution in [3.8, 4) is 0 Å². The van der Waals surface area contributed by atoms with Crippen LogP contribution in [-0.4, -0.2) is 25.6 Å². The van der Waals surface area contributed by atoms with Crippen molar-refractivity contribution in [1.29, 1.82) is 0 Å². The molecule has 13 heavy (non-hydrogen) atoms. The zero-order chi connectivity index (χ0) is 10.1. The second kappa shape index (κ2) is 9.73. The summed E-state index contributed by atoms with van der Waals surface area (Å²) in [6.45, 7) is 1.24. The zero-order valence-electron chi connectivity index (χ0n) is 8.19. The van der Waals surface area contributed by atoms with E-state index in [4.69, 9.17) is 18.8 Å². The van der Waals surface area contributed by atoms with E-state index in [0.29, 0.717) is 0 Å². The molecule has 0 spiro atoms. The second-order valence-corrected chi connectivity index (χ2v) is 11.1. The summed E-state index contributed by atoms with van der Waals surface area (Å²) in [6, 6.07) is 0. The molecular formula is C8H19Cl2N2Pt. The summed E-state index contributed by atoms with van der Waals surface area (Å²) in [5.41, 5.74) is 0. The van der Waals surface area contributed by atoms with Crippen LogP contribution in [0.15, 0.2) is 0 Å². The molecule has 1 fully saturated rings. The normalized spacial score (nSPS) is 17.1. The van der Waals surface area contributed by atoms with Crippen LogP contribution in [-0.2, 0) is 15.2 Å². The summed E-state index contributed by atoms with van der Waals surface area (Å²) in [7, 11) is 14.7. The Hall–Kier alpha value is 1.19. The monoisotopic (exact) mass is 408 g/mol. The molecule has 1 aliphatic carbocycles. The van der Waals surface area contributed by atoms with Gasteiger partial charge in [0.25, 0.3) is 0 Å². The molecule has 0 saturated heterocycles. The fraction of sp³-hybridized carbons (Fsp3) is 1.00. The van der Waals surface area contributed by atoms with E-state index in [-0.39, 0.29) is 0 Å². The van der Waals surface area contributed by atoms with Crippen LogP contribution >= 0.6 is 18.8 Å². The van der Waals surface area contributed by atoms with Gasteiger partial charge in [-0.05, 0) is 32.4 Å². The maximum absolute atomic E-state index is 5.44. The van der Waals surface area contributed by atoms with Gasteiger partial charge in [-0.3, -0.25) is 0 Å². The quantitative estimate of drug-likeness (QED) is 0.744. The standard InChI is InChI=1S/C6H13N.C2H6N.2ClH.Pt/c1-7-5-6-3-2-4-6;1-3-2;;;/h6-7H,2-5H2,1H3;3H,1H2,2H3;2*1H;/q;;;;+2/p-2. The van der Waals surface area contributed by atoms with E-state index < -0.39 is 15.2 Å². The summed E-state index contributed by atoms with van der Waals surface area (Å²) >= 11 is -1.48. The molecule has 0 amide bonds. The Morgan fingerprint density at radius 1 is 1.23 bits per heavy atom. The van der Waals surface area contributed by atoms with Crippen LogP contribution < -0.4 is 10.6 Å². The molecule has 0 bridgehead atoms. The van der Waals surface area contributed by atoms with Crippen LogP contribution in [0, 0.1) is 5.92 Å². The maximum atomic E-state index is 5.44. The van der Waals surface area contributed by atoms with Gasteiger partial charge >= 0.3 is 51.4 Å². The van der Waals surface area contributed by atoms with E-state index in [0.717, 1.165) is 10.9 Å². The van der Waals surface area contributed by atoms with Crippen molar-refractivity contribution in [2.75, 3.05) is 25.6 Å². The Morgan fingerprint density at radius 2 is 1.85 bits per heavy atom. The molecule has 0 aromatic carbocycles. The van der Waals surface area contributed by atoms with Crippen LogP contribution in [0.5, 0.6) is 0 Å². The van der Waals surface area contributed by atoms with Gasteiger partial charge in [0.2, 0.25) is 0 Å². The second-order valence-electron chi connectivity index (χ2n) is 3.03. The SMILES string of the molecule is CNCC1CCC1.CN[CH2][Pt]([Cl])[Cl]. The van der Waals surface area contributed by atoms with Crippen molar-refractivity contribution in [3.05, 3.63) is 0 Å². The number of rotatable bonds is 4. The molecule has 1 saturated carbocycles. The Balaban J connectivity index is 0.000000226. The third-order valence-corrected chi connectivity index (χ3v) is 4.71. The fourth-order valence-electron chi connectivity index (χ4n) is 1.07. The molecule has 0 unspecified atom stereocenters. The summed E-state index contributed by atoms with van der Waals surface area (Å²) in [6.07, 6.45) is 4.38. The molecule has 1 rings (SSSR count). The first-order valence-electron chi connectivity index (χ1n) is 4.39. The van der Waals surface area contributed by atoms with Gasteiger partial charge in [0.1, 0.15) is 0 Å². The third kappa shape index (κ3) is 9.49. The van der Waals surface area contributed by atoms with E-state index in [1.165, 1.54) is 25.8 Å². The molecule has 0 aromatic rings. The molecule has 85 valence electrons. The van der Waals surface area contributed by atoms with Crippen LogP contribution in [0.25, 0.3) is 0 Å². The van der Waals surface area contributed by atoms with Crippen LogP contribution in [0.3, 0.4) is 0 Å². The van der Waals surface area contributed by atoms with E-state index in [1.54, 1.807) is 0 Å². The van der Waals surface area contributed by atoms with Crippen LogP contribution in [0.1, 0.15) is 19.3 Å². The van der Waals surface area contributed by atoms with Gasteiger partial charge in [-0.15, -0.1) is 0 Å². The number of hydrogen-bond donors (Lipinski definition) is 2. The van der Waals surface area contributed by atoms with Crippen molar-refractivity contribution >= 4 is 18.8 Å². The van der Waals surface area contributed by atoms with Crippen LogP contribution in [0.4, 0.5) is 0 Å². The van der Waals surface area contributed by atoms with Crippen molar-refractivity contribution < 1.29 is 15.2 Å². The van der Waals surface area contributed by atoms with Crippen molar-refractivity contribution in [1.82, 2.24) is 10.6 Å². The minimum absolute atomic E-state index is 0.813. The molecule has 0 atom stereocenters. The molecule has 0 radical (unpaired) electrons. The summed E-state index contributed by atoms with van der Waals surface area (Å²) < 4.78 is 0. The molecular weight excluding hydrogens is 390 g/mol. The van der Waals surface area contributed by atoms with Gasteiger partial charge < -0.3 is 5.32 Å². The van der Waals surface area contributed by atoms with Gasteiger partial charge in [0, 0.05) is 0 Å². The zero-order valence-corrected chi connectivity index (χ0v) is 12.0. The van der Waals surface area contributed by atoms with Crippen molar-refractivity contribution in [2.45, 2.75) is 19.3 Å². The summed E-state index contributed by atoms with van der Waals surface area (Å²) in [4.78, 5) is 0.813. The predicted octanol–water partition coefficient (Wildman–Crippen LogP) is 2.09. The molecule has 2 nitrogen and oxygen atoms in total. The molecule has 2 N–H and O–H groups in total. The summed E-state index contributed by atoms with van der Waals surface area (Å²) in [5.74, 6) is 1.02. The fourth-order valence-corrected chi connectivity index (χ4v) is 3.06. The molecule has 0 heterocycles. The van der Waals surface area contributed by atoms with Crippen molar-refractivity contribution in [2.24, 2.45) is 5.92 Å². The van der Waals surface area contributed by atoms with E-state index >= 15 is 0 Å². The van der Waals surface area contributed by atoms with Gasteiger partial charge in [0.05, 0.1) is 0 Å². The molecule has 0 aromatic heterocycles. The first-order valence-corrected chi connectivity index (χ1v) is 11.6. The van der Waals surface area contributed by atoms with Crippen molar-refractivity contribution in [3.63, 3.8) is 0 Å². The van der Waals surface area contributed by atoms with Gasteiger partial charge in [0.15, 0.2) is 0 Å². The third-order valence-electron chi connectivity index (χ3n) is 1.91.